The monoisotopic (exact) mass is 414 g/mol. The lowest BCUT2D eigenvalue weighted by molar-refractivity contribution is 0.0839. The molecule has 156 valence electrons. The van der Waals surface area contributed by atoms with Gasteiger partial charge in [0, 0.05) is 49.5 Å². The largest absolute Gasteiger partial charge is 0.388 e. The quantitative estimate of drug-likeness (QED) is 0.464. The third-order valence-corrected chi connectivity index (χ3v) is 6.42. The molecular formula is C25H23FN4O. The summed E-state index contributed by atoms with van der Waals surface area (Å²) in [7, 11) is 0. The molecule has 6 rings (SSSR count). The van der Waals surface area contributed by atoms with E-state index in [0.29, 0.717) is 13.1 Å². The van der Waals surface area contributed by atoms with E-state index in [9.17, 15) is 9.50 Å². The van der Waals surface area contributed by atoms with E-state index in [-0.39, 0.29) is 5.82 Å². The number of halogens is 1. The molecule has 4 heterocycles. The van der Waals surface area contributed by atoms with E-state index in [1.807, 2.05) is 31.5 Å². The van der Waals surface area contributed by atoms with E-state index < -0.39 is 5.60 Å². The van der Waals surface area contributed by atoms with E-state index in [1.54, 1.807) is 0 Å². The lowest BCUT2D eigenvalue weighted by atomic mass is 10.1. The average Bonchev–Trinajstić information content (AvgIpc) is 3.45. The Morgan fingerprint density at radius 3 is 2.68 bits per heavy atom. The van der Waals surface area contributed by atoms with Crippen molar-refractivity contribution in [1.29, 1.82) is 0 Å². The summed E-state index contributed by atoms with van der Waals surface area (Å²) in [6.07, 6.45) is 6.71. The van der Waals surface area contributed by atoms with Crippen molar-refractivity contribution in [3.63, 3.8) is 0 Å². The third-order valence-electron chi connectivity index (χ3n) is 6.42. The van der Waals surface area contributed by atoms with Crippen molar-refractivity contribution < 1.29 is 9.50 Å². The van der Waals surface area contributed by atoms with Crippen LogP contribution in [-0.2, 0) is 6.54 Å². The molecule has 0 saturated carbocycles. The molecular weight excluding hydrogens is 391 g/mol. The predicted octanol–water partition coefficient (Wildman–Crippen LogP) is 4.47. The van der Waals surface area contributed by atoms with Crippen molar-refractivity contribution in [2.75, 3.05) is 18.0 Å². The Balaban J connectivity index is 1.44. The molecule has 0 radical (unpaired) electrons. The van der Waals surface area contributed by atoms with Crippen LogP contribution in [0.3, 0.4) is 0 Å². The van der Waals surface area contributed by atoms with Crippen molar-refractivity contribution in [3.05, 3.63) is 78.5 Å². The van der Waals surface area contributed by atoms with Gasteiger partial charge in [0.05, 0.1) is 17.0 Å². The molecule has 0 aliphatic carbocycles. The SMILES string of the molecule is C[C@]1(O)CCN(c2ccc3c(c2)Cn2cc(-c4ccc(F)cc4)cc2-c2nccn2-3)C1. The molecule has 4 aromatic rings. The van der Waals surface area contributed by atoms with Crippen molar-refractivity contribution in [2.45, 2.75) is 25.5 Å². The van der Waals surface area contributed by atoms with Crippen LogP contribution in [0.4, 0.5) is 10.1 Å². The molecule has 0 unspecified atom stereocenters. The highest BCUT2D eigenvalue weighted by atomic mass is 19.1. The van der Waals surface area contributed by atoms with Gasteiger partial charge in [-0.3, -0.25) is 4.57 Å². The van der Waals surface area contributed by atoms with Gasteiger partial charge >= 0.3 is 0 Å². The summed E-state index contributed by atoms with van der Waals surface area (Å²) in [5, 5.41) is 10.4. The topological polar surface area (TPSA) is 46.2 Å². The van der Waals surface area contributed by atoms with Crippen molar-refractivity contribution in [1.82, 2.24) is 14.1 Å². The molecule has 5 nitrogen and oxygen atoms in total. The van der Waals surface area contributed by atoms with Gasteiger partial charge < -0.3 is 14.6 Å². The number of hydrogen-bond acceptors (Lipinski definition) is 3. The van der Waals surface area contributed by atoms with Gasteiger partial charge in [-0.2, -0.15) is 0 Å². The second-order valence-corrected chi connectivity index (χ2v) is 8.85. The van der Waals surface area contributed by atoms with Crippen LogP contribution in [0, 0.1) is 5.82 Å². The van der Waals surface area contributed by atoms with Crippen LogP contribution in [0.1, 0.15) is 18.9 Å². The minimum absolute atomic E-state index is 0.234. The number of aliphatic hydroxyl groups is 1. The van der Waals surface area contributed by atoms with Crippen LogP contribution in [-0.4, -0.2) is 37.9 Å². The number of benzene rings is 2. The van der Waals surface area contributed by atoms with Crippen LogP contribution in [0.5, 0.6) is 0 Å². The maximum absolute atomic E-state index is 13.4. The molecule has 2 aromatic carbocycles. The van der Waals surface area contributed by atoms with Crippen LogP contribution in [0.2, 0.25) is 0 Å². The molecule has 31 heavy (non-hydrogen) atoms. The third kappa shape index (κ3) is 3.06. The molecule has 2 aliphatic rings. The molecule has 2 aromatic heterocycles. The maximum atomic E-state index is 13.4. The highest BCUT2D eigenvalue weighted by Gasteiger charge is 2.32. The number of β-amino-alcohol motifs (C(OH)–C–C–N with tert-alkyl or cyclic N) is 1. The first kappa shape index (κ1) is 18.4. The normalized spacial score (nSPS) is 19.6. The number of fused-ring (bicyclic) bond motifs is 5. The molecule has 1 N–H and O–H groups in total. The molecule has 1 atom stereocenters. The van der Waals surface area contributed by atoms with Crippen molar-refractivity contribution >= 4 is 5.69 Å². The Morgan fingerprint density at radius 1 is 1.06 bits per heavy atom. The fourth-order valence-corrected chi connectivity index (χ4v) is 4.80. The summed E-state index contributed by atoms with van der Waals surface area (Å²) < 4.78 is 17.7. The number of aromatic nitrogens is 3. The van der Waals surface area contributed by atoms with E-state index in [1.165, 1.54) is 17.7 Å². The predicted molar refractivity (Wildman–Crippen MR) is 119 cm³/mol. The number of rotatable bonds is 2. The highest BCUT2D eigenvalue weighted by Crippen LogP contribution is 2.36. The molecule has 0 amide bonds. The standard InChI is InChI=1S/C25H23FN4O/c1-25(31)8-10-28(16-25)21-6-7-22-19(12-21)15-29-14-18(17-2-4-20(26)5-3-17)13-23(29)24-27-9-11-30(22)24/h2-7,9,11-14,31H,8,10,15-16H2,1H3/t25-/m0/s1. The zero-order valence-corrected chi connectivity index (χ0v) is 17.3. The smallest absolute Gasteiger partial charge is 0.161 e. The molecule has 6 heteroatoms. The summed E-state index contributed by atoms with van der Waals surface area (Å²) in [4.78, 5) is 6.89. The van der Waals surface area contributed by atoms with E-state index >= 15 is 0 Å². The van der Waals surface area contributed by atoms with Crippen molar-refractivity contribution in [3.8, 4) is 28.3 Å². The Bertz CT molecular complexity index is 1290. The first-order valence-corrected chi connectivity index (χ1v) is 10.6. The Kier molecular flexibility index (Phi) is 3.89. The van der Waals surface area contributed by atoms with Crippen LogP contribution in [0.15, 0.2) is 67.1 Å². The zero-order chi connectivity index (χ0) is 21.2. The van der Waals surface area contributed by atoms with E-state index in [2.05, 4.69) is 49.5 Å². The maximum Gasteiger partial charge on any atom is 0.161 e. The molecule has 2 aliphatic heterocycles. The molecule has 0 spiro atoms. The van der Waals surface area contributed by atoms with Gasteiger partial charge in [0.15, 0.2) is 5.82 Å². The summed E-state index contributed by atoms with van der Waals surface area (Å²) in [6.45, 7) is 4.11. The van der Waals surface area contributed by atoms with Gasteiger partial charge in [-0.1, -0.05) is 12.1 Å². The number of hydrogen-bond donors (Lipinski definition) is 1. The minimum atomic E-state index is -0.637. The van der Waals surface area contributed by atoms with E-state index in [0.717, 1.165) is 47.0 Å². The first-order valence-electron chi connectivity index (χ1n) is 10.6. The number of imidazole rings is 1. The van der Waals surface area contributed by atoms with Crippen LogP contribution < -0.4 is 4.90 Å². The zero-order valence-electron chi connectivity index (χ0n) is 17.3. The summed E-state index contributed by atoms with van der Waals surface area (Å²) >= 11 is 0. The van der Waals surface area contributed by atoms with Gasteiger partial charge in [-0.25, -0.2) is 9.37 Å². The fraction of sp³-hybridized carbons (Fsp3) is 0.240. The Labute approximate surface area is 180 Å². The number of anilines is 1. The lowest BCUT2D eigenvalue weighted by Gasteiger charge is -2.22. The summed E-state index contributed by atoms with van der Waals surface area (Å²) in [5.74, 6) is 0.659. The Morgan fingerprint density at radius 2 is 1.90 bits per heavy atom. The molecule has 1 fully saturated rings. The van der Waals surface area contributed by atoms with Crippen molar-refractivity contribution in [2.24, 2.45) is 0 Å². The second-order valence-electron chi connectivity index (χ2n) is 8.85. The number of nitrogens with zero attached hydrogens (tertiary/aromatic N) is 4. The van der Waals surface area contributed by atoms with Gasteiger partial charge in [0.2, 0.25) is 0 Å². The van der Waals surface area contributed by atoms with E-state index in [4.69, 9.17) is 0 Å². The second kappa shape index (κ2) is 6.56. The summed E-state index contributed by atoms with van der Waals surface area (Å²) in [6, 6.07) is 15.2. The van der Waals surface area contributed by atoms with Gasteiger partial charge in [-0.15, -0.1) is 0 Å². The minimum Gasteiger partial charge on any atom is -0.388 e. The summed E-state index contributed by atoms with van der Waals surface area (Å²) in [5.41, 5.74) is 5.87. The van der Waals surface area contributed by atoms with Crippen LogP contribution in [0.25, 0.3) is 28.3 Å². The fourth-order valence-electron chi connectivity index (χ4n) is 4.80. The van der Waals surface area contributed by atoms with Gasteiger partial charge in [0.1, 0.15) is 5.82 Å². The lowest BCUT2D eigenvalue weighted by Crippen LogP contribution is -2.29. The Hall–Kier alpha value is -3.38. The molecule has 1 saturated heterocycles. The average molecular weight is 414 g/mol. The van der Waals surface area contributed by atoms with Gasteiger partial charge in [-0.05, 0) is 60.9 Å². The molecule has 0 bridgehead atoms. The van der Waals surface area contributed by atoms with Gasteiger partial charge in [0.25, 0.3) is 0 Å². The highest BCUT2D eigenvalue weighted by molar-refractivity contribution is 5.72. The van der Waals surface area contributed by atoms with Crippen LogP contribution >= 0.6 is 0 Å². The first-order chi connectivity index (χ1) is 15.0.